The molecule has 3 rings (SSSR count). The Morgan fingerprint density at radius 1 is 1.33 bits per heavy atom. The van der Waals surface area contributed by atoms with Crippen molar-refractivity contribution < 1.29 is 4.39 Å². The fourth-order valence-corrected chi connectivity index (χ4v) is 2.79. The quantitative estimate of drug-likeness (QED) is 0.557. The summed E-state index contributed by atoms with van der Waals surface area (Å²) in [4.78, 5) is 8.00. The number of benzene rings is 1. The molecule has 2 aromatic heterocycles. The summed E-state index contributed by atoms with van der Waals surface area (Å²) in [5, 5.41) is 19.7. The molecule has 9 heteroatoms. The number of hydrogen-bond acceptors (Lipinski definition) is 7. The first-order valence-corrected chi connectivity index (χ1v) is 6.82. The van der Waals surface area contributed by atoms with E-state index >= 15 is 0 Å². The van der Waals surface area contributed by atoms with Gasteiger partial charge in [-0.2, -0.15) is 20.6 Å². The van der Waals surface area contributed by atoms with Gasteiger partial charge in [0.05, 0.1) is 11.6 Å². The highest BCUT2D eigenvalue weighted by Gasteiger charge is 2.14. The predicted molar refractivity (Wildman–Crippen MR) is 74.6 cm³/mol. The second-order valence-corrected chi connectivity index (χ2v) is 5.01. The maximum Gasteiger partial charge on any atom is 0.223 e. The third-order valence-corrected chi connectivity index (χ3v) is 3.75. The van der Waals surface area contributed by atoms with Crippen LogP contribution in [0.5, 0.6) is 0 Å². The Morgan fingerprint density at radius 3 is 3.00 bits per heavy atom. The van der Waals surface area contributed by atoms with Gasteiger partial charge >= 0.3 is 0 Å². The number of nitrogen functional groups attached to an aromatic ring is 1. The lowest BCUT2D eigenvalue weighted by molar-refractivity contribution is 0.616. The molecule has 0 amide bonds. The van der Waals surface area contributed by atoms with E-state index in [4.69, 9.17) is 11.0 Å². The van der Waals surface area contributed by atoms with Crippen LogP contribution in [0.4, 0.5) is 10.3 Å². The number of hydrogen-bond donors (Lipinski definition) is 2. The second-order valence-electron chi connectivity index (χ2n) is 4.05. The summed E-state index contributed by atoms with van der Waals surface area (Å²) in [6.45, 7) is 0. The molecule has 0 spiro atoms. The van der Waals surface area contributed by atoms with Crippen molar-refractivity contribution in [2.45, 2.75) is 10.8 Å². The normalized spacial score (nSPS) is 10.7. The zero-order valence-electron chi connectivity index (χ0n) is 10.5. The average molecular weight is 301 g/mol. The van der Waals surface area contributed by atoms with E-state index in [1.54, 1.807) is 6.07 Å². The highest BCUT2D eigenvalue weighted by Crippen LogP contribution is 2.28. The van der Waals surface area contributed by atoms with Gasteiger partial charge in [0.15, 0.2) is 5.52 Å². The number of halogens is 1. The highest BCUT2D eigenvalue weighted by atomic mass is 32.2. The Hall–Kier alpha value is -2.73. The molecule has 0 radical (unpaired) electrons. The van der Waals surface area contributed by atoms with Crippen molar-refractivity contribution in [3.8, 4) is 6.07 Å². The van der Waals surface area contributed by atoms with Gasteiger partial charge in [0.1, 0.15) is 10.8 Å². The van der Waals surface area contributed by atoms with E-state index in [0.717, 1.165) is 0 Å². The standard InChI is InChI=1S/C12H8FN7S/c13-8-3-1-2-6(4-14)7(8)5-21-11-9-10(19-20-18-9)16-12(15)17-11/h1-3H,5H2,(H3,15,16,17,18,19,20). The Bertz CT molecular complexity index is 854. The van der Waals surface area contributed by atoms with Crippen molar-refractivity contribution >= 4 is 28.9 Å². The topological polar surface area (TPSA) is 117 Å². The van der Waals surface area contributed by atoms with Crippen LogP contribution in [0.15, 0.2) is 23.2 Å². The number of nitriles is 1. The molecule has 0 saturated carbocycles. The first-order valence-electron chi connectivity index (χ1n) is 5.83. The summed E-state index contributed by atoms with van der Waals surface area (Å²) in [6, 6.07) is 6.36. The summed E-state index contributed by atoms with van der Waals surface area (Å²) < 4.78 is 13.8. The number of fused-ring (bicyclic) bond motifs is 1. The van der Waals surface area contributed by atoms with Crippen LogP contribution < -0.4 is 5.73 Å². The Kier molecular flexibility index (Phi) is 3.37. The number of aromatic amines is 1. The zero-order valence-corrected chi connectivity index (χ0v) is 11.4. The van der Waals surface area contributed by atoms with E-state index in [1.165, 1.54) is 23.9 Å². The summed E-state index contributed by atoms with van der Waals surface area (Å²) in [6.07, 6.45) is 0. The number of aromatic nitrogens is 5. The molecule has 1 aromatic carbocycles. The second kappa shape index (κ2) is 5.34. The summed E-state index contributed by atoms with van der Waals surface area (Å²) >= 11 is 1.22. The van der Waals surface area contributed by atoms with E-state index in [2.05, 4.69) is 25.4 Å². The molecular formula is C12H8FN7S. The molecule has 3 N–H and O–H groups in total. The van der Waals surface area contributed by atoms with Crippen molar-refractivity contribution in [1.82, 2.24) is 25.4 Å². The minimum atomic E-state index is -0.431. The lowest BCUT2D eigenvalue weighted by Gasteiger charge is -2.05. The zero-order chi connectivity index (χ0) is 14.8. The molecular weight excluding hydrogens is 293 g/mol. The van der Waals surface area contributed by atoms with Crippen molar-refractivity contribution in [2.75, 3.05) is 5.73 Å². The van der Waals surface area contributed by atoms with E-state index in [9.17, 15) is 4.39 Å². The van der Waals surface area contributed by atoms with Gasteiger partial charge in [-0.25, -0.2) is 9.37 Å². The maximum absolute atomic E-state index is 13.8. The van der Waals surface area contributed by atoms with Gasteiger partial charge in [0.25, 0.3) is 0 Å². The van der Waals surface area contributed by atoms with Crippen LogP contribution in [0.3, 0.4) is 0 Å². The van der Waals surface area contributed by atoms with E-state index < -0.39 is 5.82 Å². The number of anilines is 1. The lowest BCUT2D eigenvalue weighted by atomic mass is 10.1. The lowest BCUT2D eigenvalue weighted by Crippen LogP contribution is -1.98. The third-order valence-electron chi connectivity index (χ3n) is 2.76. The van der Waals surface area contributed by atoms with E-state index in [1.807, 2.05) is 6.07 Å². The van der Waals surface area contributed by atoms with Gasteiger partial charge in [-0.15, -0.1) is 5.10 Å². The Morgan fingerprint density at radius 2 is 2.19 bits per heavy atom. The monoisotopic (exact) mass is 301 g/mol. The summed E-state index contributed by atoms with van der Waals surface area (Å²) in [5.41, 5.74) is 7.01. The Balaban J connectivity index is 1.94. The summed E-state index contributed by atoms with van der Waals surface area (Å²) in [5.74, 6) is -0.138. The van der Waals surface area contributed by atoms with Crippen molar-refractivity contribution in [3.63, 3.8) is 0 Å². The average Bonchev–Trinajstić information content (AvgIpc) is 2.93. The number of rotatable bonds is 3. The van der Waals surface area contributed by atoms with Crippen molar-refractivity contribution in [1.29, 1.82) is 5.26 Å². The molecule has 0 aliphatic rings. The van der Waals surface area contributed by atoms with Crippen LogP contribution >= 0.6 is 11.8 Å². The van der Waals surface area contributed by atoms with Crippen LogP contribution in [-0.2, 0) is 5.75 Å². The van der Waals surface area contributed by atoms with Gasteiger partial charge in [-0.3, -0.25) is 0 Å². The number of nitrogens with zero attached hydrogens (tertiary/aromatic N) is 5. The van der Waals surface area contributed by atoms with Crippen LogP contribution in [0.1, 0.15) is 11.1 Å². The smallest absolute Gasteiger partial charge is 0.223 e. The molecule has 0 bridgehead atoms. The fraction of sp³-hybridized carbons (Fsp3) is 0.0833. The number of nitrogens with two attached hydrogens (primary N) is 1. The van der Waals surface area contributed by atoms with Crippen LogP contribution in [0, 0.1) is 17.1 Å². The minimum absolute atomic E-state index is 0.0629. The van der Waals surface area contributed by atoms with Crippen molar-refractivity contribution in [3.05, 3.63) is 35.1 Å². The Labute approximate surface area is 122 Å². The van der Waals surface area contributed by atoms with Gasteiger partial charge in [-0.1, -0.05) is 17.8 Å². The van der Waals surface area contributed by atoms with Gasteiger partial charge in [0, 0.05) is 11.3 Å². The molecule has 0 aliphatic carbocycles. The number of thioether (sulfide) groups is 1. The largest absolute Gasteiger partial charge is 0.368 e. The van der Waals surface area contributed by atoms with Crippen LogP contribution in [-0.4, -0.2) is 25.4 Å². The first kappa shape index (κ1) is 13.3. The number of H-pyrrole nitrogens is 1. The van der Waals surface area contributed by atoms with Gasteiger partial charge in [-0.05, 0) is 12.1 Å². The van der Waals surface area contributed by atoms with Crippen LogP contribution in [0.2, 0.25) is 0 Å². The minimum Gasteiger partial charge on any atom is -0.368 e. The molecule has 104 valence electrons. The molecule has 3 aromatic rings. The molecule has 0 fully saturated rings. The maximum atomic E-state index is 13.8. The van der Waals surface area contributed by atoms with Crippen LogP contribution in [0.25, 0.3) is 11.2 Å². The van der Waals surface area contributed by atoms with Gasteiger partial charge < -0.3 is 5.73 Å². The molecule has 7 nitrogen and oxygen atoms in total. The number of nitrogens with one attached hydrogen (secondary N) is 1. The highest BCUT2D eigenvalue weighted by molar-refractivity contribution is 7.98. The molecule has 0 atom stereocenters. The van der Waals surface area contributed by atoms with Gasteiger partial charge in [0.2, 0.25) is 11.6 Å². The van der Waals surface area contributed by atoms with E-state index in [-0.39, 0.29) is 11.7 Å². The molecule has 2 heterocycles. The third kappa shape index (κ3) is 2.48. The SMILES string of the molecule is N#Cc1cccc(F)c1CSc1nc(N)nc2n[nH]nc12. The van der Waals surface area contributed by atoms with E-state index in [0.29, 0.717) is 27.3 Å². The van der Waals surface area contributed by atoms with Crippen molar-refractivity contribution in [2.24, 2.45) is 0 Å². The molecule has 21 heavy (non-hydrogen) atoms. The molecule has 0 saturated heterocycles. The first-order chi connectivity index (χ1) is 10.2. The molecule has 0 unspecified atom stereocenters. The molecule has 0 aliphatic heterocycles. The fourth-order valence-electron chi connectivity index (χ4n) is 1.79. The summed E-state index contributed by atoms with van der Waals surface area (Å²) in [7, 11) is 0. The predicted octanol–water partition coefficient (Wildman–Crippen LogP) is 1.63.